The van der Waals surface area contributed by atoms with E-state index in [4.69, 9.17) is 4.74 Å². The third-order valence-corrected chi connectivity index (χ3v) is 4.40. The Balaban J connectivity index is 1.76. The van der Waals surface area contributed by atoms with Crippen molar-refractivity contribution in [1.82, 2.24) is 4.90 Å². The highest BCUT2D eigenvalue weighted by molar-refractivity contribution is 5.89. The van der Waals surface area contributed by atoms with E-state index in [2.05, 4.69) is 45.0 Å². The van der Waals surface area contributed by atoms with Crippen LogP contribution in [0.2, 0.25) is 0 Å². The maximum absolute atomic E-state index is 12.6. The van der Waals surface area contributed by atoms with Crippen molar-refractivity contribution >= 4 is 5.91 Å². The summed E-state index contributed by atoms with van der Waals surface area (Å²) in [5.74, 6) is 0.544. The minimum absolute atomic E-state index is 0.0178. The molecule has 2 atom stereocenters. The monoisotopic (exact) mass is 323 g/mol. The summed E-state index contributed by atoms with van der Waals surface area (Å²) in [5, 5.41) is 0. The Hall–Kier alpha value is -2.13. The molecule has 1 amide bonds. The minimum Gasteiger partial charge on any atom is -0.361 e. The van der Waals surface area contributed by atoms with Crippen molar-refractivity contribution in [1.29, 1.82) is 0 Å². The average Bonchev–Trinajstić information content (AvgIpc) is 2.58. The predicted octanol–water partition coefficient (Wildman–Crippen LogP) is 4.12. The lowest BCUT2D eigenvalue weighted by atomic mass is 9.89. The summed E-state index contributed by atoms with van der Waals surface area (Å²) in [7, 11) is 0. The summed E-state index contributed by atoms with van der Waals surface area (Å²) >= 11 is 0. The molecule has 0 aromatic heterocycles. The maximum atomic E-state index is 12.6. The van der Waals surface area contributed by atoms with Crippen LogP contribution in [0.25, 0.3) is 0 Å². The number of amides is 1. The second-order valence-electron chi connectivity index (χ2n) is 6.96. The lowest BCUT2D eigenvalue weighted by Crippen LogP contribution is -2.60. The van der Waals surface area contributed by atoms with Crippen LogP contribution in [0.4, 0.5) is 0 Å². The van der Waals surface area contributed by atoms with E-state index in [1.807, 2.05) is 35.2 Å². The number of nitrogens with zero attached hydrogens (tertiary/aromatic N) is 1. The number of carbonyl (C=O) groups excluding carboxylic acids is 1. The molecule has 2 aromatic carbocycles. The van der Waals surface area contributed by atoms with Gasteiger partial charge in [0.25, 0.3) is 5.91 Å². The summed E-state index contributed by atoms with van der Waals surface area (Å²) in [6.45, 7) is 7.58. The molecule has 0 N–H and O–H groups in total. The van der Waals surface area contributed by atoms with Crippen LogP contribution in [-0.4, -0.2) is 23.5 Å². The highest BCUT2D eigenvalue weighted by Gasteiger charge is 2.48. The molecule has 3 rings (SSSR count). The van der Waals surface area contributed by atoms with E-state index in [-0.39, 0.29) is 18.1 Å². The van der Waals surface area contributed by atoms with E-state index in [1.54, 1.807) is 0 Å². The van der Waals surface area contributed by atoms with Crippen LogP contribution in [-0.2, 0) is 16.1 Å². The second-order valence-corrected chi connectivity index (χ2v) is 6.96. The number of hydrogen-bond acceptors (Lipinski definition) is 2. The molecule has 0 saturated carbocycles. The van der Waals surface area contributed by atoms with Crippen molar-refractivity contribution in [3.8, 4) is 0 Å². The highest BCUT2D eigenvalue weighted by Crippen LogP contribution is 2.38. The molecule has 1 aliphatic rings. The van der Waals surface area contributed by atoms with Gasteiger partial charge in [-0.05, 0) is 24.0 Å². The van der Waals surface area contributed by atoms with Crippen molar-refractivity contribution in [3.05, 3.63) is 71.3 Å². The first-order valence-electron chi connectivity index (χ1n) is 8.59. The molecular weight excluding hydrogens is 298 g/mol. The molecule has 1 fully saturated rings. The van der Waals surface area contributed by atoms with Gasteiger partial charge < -0.3 is 9.64 Å². The van der Waals surface area contributed by atoms with Crippen LogP contribution in [0.15, 0.2) is 54.6 Å². The van der Waals surface area contributed by atoms with Crippen molar-refractivity contribution in [2.24, 2.45) is 5.92 Å². The Morgan fingerprint density at radius 1 is 1.04 bits per heavy atom. The van der Waals surface area contributed by atoms with Gasteiger partial charge in [0.15, 0.2) is 6.10 Å². The van der Waals surface area contributed by atoms with Gasteiger partial charge in [-0.15, -0.1) is 0 Å². The van der Waals surface area contributed by atoms with Gasteiger partial charge in [-0.2, -0.15) is 0 Å². The fourth-order valence-electron chi connectivity index (χ4n) is 3.15. The van der Waals surface area contributed by atoms with Gasteiger partial charge in [-0.1, -0.05) is 74.0 Å². The van der Waals surface area contributed by atoms with Crippen molar-refractivity contribution in [2.45, 2.75) is 39.5 Å². The lowest BCUT2D eigenvalue weighted by Gasteiger charge is -2.47. The molecule has 0 unspecified atom stereocenters. The summed E-state index contributed by atoms with van der Waals surface area (Å²) in [6, 6.07) is 18.4. The smallest absolute Gasteiger partial charge is 0.254 e. The van der Waals surface area contributed by atoms with E-state index >= 15 is 0 Å². The van der Waals surface area contributed by atoms with Gasteiger partial charge >= 0.3 is 0 Å². The predicted molar refractivity (Wildman–Crippen MR) is 95.5 cm³/mol. The normalized spacial score (nSPS) is 20.3. The number of hydrogen-bond donors (Lipinski definition) is 0. The van der Waals surface area contributed by atoms with Crippen molar-refractivity contribution in [3.63, 3.8) is 0 Å². The third kappa shape index (κ3) is 3.51. The lowest BCUT2D eigenvalue weighted by molar-refractivity contribution is -0.177. The molecule has 1 aliphatic heterocycles. The number of β-lactam (4-membered cyclic amide) rings is 1. The summed E-state index contributed by atoms with van der Waals surface area (Å²) < 4.78 is 5.99. The van der Waals surface area contributed by atoms with E-state index in [9.17, 15) is 4.79 Å². The molecule has 1 saturated heterocycles. The van der Waals surface area contributed by atoms with Crippen LogP contribution in [0, 0.1) is 12.8 Å². The number of aryl methyl sites for hydroxylation is 1. The van der Waals surface area contributed by atoms with E-state index < -0.39 is 0 Å². The largest absolute Gasteiger partial charge is 0.361 e. The Morgan fingerprint density at radius 3 is 2.33 bits per heavy atom. The third-order valence-electron chi connectivity index (χ3n) is 4.40. The van der Waals surface area contributed by atoms with Crippen LogP contribution in [0.3, 0.4) is 0 Å². The SMILES string of the molecule is Cc1ccc([C@@H]2[C@H](OCc3ccccc3)C(=O)N2CC(C)C)cc1. The van der Waals surface area contributed by atoms with Gasteiger partial charge in [0.2, 0.25) is 0 Å². The molecule has 126 valence electrons. The van der Waals surface area contributed by atoms with Gasteiger partial charge in [0.1, 0.15) is 0 Å². The van der Waals surface area contributed by atoms with Gasteiger partial charge in [0, 0.05) is 6.54 Å². The molecule has 0 spiro atoms. The summed E-state index contributed by atoms with van der Waals surface area (Å²) in [6.07, 6.45) is -0.383. The standard InChI is InChI=1S/C21H25NO2/c1-15(2)13-22-19(18-11-9-16(3)10-12-18)20(21(22)23)24-14-17-7-5-4-6-8-17/h4-12,15,19-20H,13-14H2,1-3H3/t19-,20+/m1/s1. The maximum Gasteiger partial charge on any atom is 0.254 e. The fourth-order valence-corrected chi connectivity index (χ4v) is 3.15. The topological polar surface area (TPSA) is 29.5 Å². The zero-order valence-electron chi connectivity index (χ0n) is 14.6. The number of carbonyl (C=O) groups is 1. The molecule has 0 bridgehead atoms. The van der Waals surface area contributed by atoms with Gasteiger partial charge in [-0.3, -0.25) is 4.79 Å². The quantitative estimate of drug-likeness (QED) is 0.748. The van der Waals surface area contributed by atoms with Crippen molar-refractivity contribution in [2.75, 3.05) is 6.54 Å². The Kier molecular flexibility index (Phi) is 5.00. The average molecular weight is 323 g/mol. The number of benzene rings is 2. The highest BCUT2D eigenvalue weighted by atomic mass is 16.5. The number of rotatable bonds is 6. The van der Waals surface area contributed by atoms with Gasteiger partial charge in [-0.25, -0.2) is 0 Å². The Bertz CT molecular complexity index is 679. The van der Waals surface area contributed by atoms with Crippen LogP contribution >= 0.6 is 0 Å². The van der Waals surface area contributed by atoms with Crippen LogP contribution < -0.4 is 0 Å². The van der Waals surface area contributed by atoms with Gasteiger partial charge in [0.05, 0.1) is 12.6 Å². The van der Waals surface area contributed by atoms with Crippen LogP contribution in [0.1, 0.15) is 36.6 Å². The molecule has 1 heterocycles. The Labute approximate surface area is 144 Å². The van der Waals surface area contributed by atoms with Crippen LogP contribution in [0.5, 0.6) is 0 Å². The molecule has 0 aliphatic carbocycles. The summed E-state index contributed by atoms with van der Waals surface area (Å²) in [5.41, 5.74) is 3.47. The van der Waals surface area contributed by atoms with E-state index in [0.717, 1.165) is 17.7 Å². The molecule has 2 aromatic rings. The van der Waals surface area contributed by atoms with E-state index in [0.29, 0.717) is 12.5 Å². The first kappa shape index (κ1) is 16.7. The molecule has 0 radical (unpaired) electrons. The Morgan fingerprint density at radius 2 is 1.71 bits per heavy atom. The first-order chi connectivity index (χ1) is 11.6. The summed E-state index contributed by atoms with van der Waals surface area (Å²) in [4.78, 5) is 14.5. The zero-order valence-corrected chi connectivity index (χ0v) is 14.6. The first-order valence-corrected chi connectivity index (χ1v) is 8.59. The zero-order chi connectivity index (χ0) is 17.1. The molecule has 3 nitrogen and oxygen atoms in total. The molecular formula is C21H25NO2. The molecule has 24 heavy (non-hydrogen) atoms. The number of ether oxygens (including phenoxy) is 1. The number of likely N-dealkylation sites (tertiary alicyclic amines) is 1. The van der Waals surface area contributed by atoms with Crippen molar-refractivity contribution < 1.29 is 9.53 Å². The fraction of sp³-hybridized carbons (Fsp3) is 0.381. The minimum atomic E-state index is -0.383. The second kappa shape index (κ2) is 7.18. The van der Waals surface area contributed by atoms with E-state index in [1.165, 1.54) is 5.56 Å². The molecule has 3 heteroatoms.